The predicted molar refractivity (Wildman–Crippen MR) is 101 cm³/mol. The van der Waals surface area contributed by atoms with Crippen LogP contribution in [0.1, 0.15) is 28.2 Å². The molecule has 4 aromatic rings. The summed E-state index contributed by atoms with van der Waals surface area (Å²) in [7, 11) is 1.62. The number of fused-ring (bicyclic) bond motifs is 1. The van der Waals surface area contributed by atoms with Crippen LogP contribution in [-0.2, 0) is 13.6 Å². The summed E-state index contributed by atoms with van der Waals surface area (Å²) in [4.78, 5) is 19.1. The molecule has 0 saturated heterocycles. The number of hydrogen-bond acceptors (Lipinski definition) is 3. The normalized spacial score (nSPS) is 11.3. The van der Waals surface area contributed by atoms with Crippen LogP contribution in [0.5, 0.6) is 0 Å². The summed E-state index contributed by atoms with van der Waals surface area (Å²) in [6, 6.07) is 10.3. The molecule has 0 aliphatic rings. The summed E-state index contributed by atoms with van der Waals surface area (Å²) >= 11 is 0. The third-order valence-corrected chi connectivity index (χ3v) is 4.60. The molecular weight excluding hydrogens is 383 g/mol. The molecule has 6 nitrogen and oxygen atoms in total. The maximum Gasteiger partial charge on any atom is 0.289 e. The highest BCUT2D eigenvalue weighted by Gasteiger charge is 2.17. The zero-order valence-corrected chi connectivity index (χ0v) is 15.3. The van der Waals surface area contributed by atoms with Crippen molar-refractivity contribution < 1.29 is 18.0 Å². The fourth-order valence-corrected chi connectivity index (χ4v) is 3.14. The molecule has 0 aliphatic heterocycles. The van der Waals surface area contributed by atoms with Gasteiger partial charge >= 0.3 is 0 Å². The van der Waals surface area contributed by atoms with E-state index in [0.29, 0.717) is 11.2 Å². The molecule has 2 aromatic heterocycles. The van der Waals surface area contributed by atoms with Gasteiger partial charge in [-0.25, -0.2) is 22.8 Å². The van der Waals surface area contributed by atoms with Crippen molar-refractivity contribution in [1.82, 2.24) is 25.1 Å². The van der Waals surface area contributed by atoms with E-state index in [0.717, 1.165) is 29.1 Å². The van der Waals surface area contributed by atoms with Crippen molar-refractivity contribution in [1.29, 1.82) is 0 Å². The first-order valence-corrected chi connectivity index (χ1v) is 8.74. The van der Waals surface area contributed by atoms with Crippen LogP contribution in [0.4, 0.5) is 13.2 Å². The molecule has 2 aromatic carbocycles. The first kappa shape index (κ1) is 18.7. The number of rotatable bonds is 5. The van der Waals surface area contributed by atoms with Crippen molar-refractivity contribution in [2.75, 3.05) is 0 Å². The quantitative estimate of drug-likeness (QED) is 0.533. The van der Waals surface area contributed by atoms with Gasteiger partial charge in [-0.3, -0.25) is 4.79 Å². The van der Waals surface area contributed by atoms with Gasteiger partial charge in [0.25, 0.3) is 12.3 Å². The Morgan fingerprint density at radius 2 is 2.03 bits per heavy atom. The number of aromatic nitrogens is 4. The van der Waals surface area contributed by atoms with E-state index in [1.54, 1.807) is 25.2 Å². The van der Waals surface area contributed by atoms with Gasteiger partial charge in [0.15, 0.2) is 0 Å². The van der Waals surface area contributed by atoms with Gasteiger partial charge < -0.3 is 10.3 Å². The number of hydrogen-bond donors (Lipinski definition) is 2. The lowest BCUT2D eigenvalue weighted by Gasteiger charge is -2.07. The topological polar surface area (TPSA) is 75.6 Å². The molecule has 0 unspecified atom stereocenters. The number of carbonyl (C=O) groups excluding carboxylic acids is 1. The summed E-state index contributed by atoms with van der Waals surface area (Å²) < 4.78 is 41.6. The largest absolute Gasteiger partial charge is 0.355 e. The van der Waals surface area contributed by atoms with Gasteiger partial charge in [0.2, 0.25) is 5.82 Å². The number of alkyl halides is 2. The van der Waals surface area contributed by atoms with Gasteiger partial charge in [-0.2, -0.15) is 5.10 Å². The molecule has 0 aliphatic carbocycles. The number of H-pyrrole nitrogens is 1. The van der Waals surface area contributed by atoms with Gasteiger partial charge in [0.05, 0.1) is 0 Å². The smallest absolute Gasteiger partial charge is 0.289 e. The van der Waals surface area contributed by atoms with Crippen LogP contribution in [0.3, 0.4) is 0 Å². The van der Waals surface area contributed by atoms with E-state index in [-0.39, 0.29) is 29.4 Å². The van der Waals surface area contributed by atoms with Crippen molar-refractivity contribution >= 4 is 16.8 Å². The number of carbonyl (C=O) groups is 1. The van der Waals surface area contributed by atoms with E-state index in [9.17, 15) is 18.0 Å². The minimum absolute atomic E-state index is 0.119. The van der Waals surface area contributed by atoms with E-state index in [2.05, 4.69) is 20.4 Å². The predicted octanol–water partition coefficient (Wildman–Crippen LogP) is 3.97. The number of amides is 1. The Morgan fingerprint density at radius 1 is 1.21 bits per heavy atom. The lowest BCUT2D eigenvalue weighted by atomic mass is 10.0. The Kier molecular flexibility index (Phi) is 4.79. The Morgan fingerprint density at radius 3 is 2.76 bits per heavy atom. The summed E-state index contributed by atoms with van der Waals surface area (Å²) in [5.74, 6) is -0.757. The molecule has 0 bridgehead atoms. The monoisotopic (exact) mass is 399 g/mol. The molecular formula is C20H16F3N5O. The molecule has 2 heterocycles. The van der Waals surface area contributed by atoms with Crippen LogP contribution in [-0.4, -0.2) is 25.7 Å². The highest BCUT2D eigenvalue weighted by atomic mass is 19.3. The molecule has 0 saturated carbocycles. The standard InChI is InChI=1S/C20H16F3N5O/c1-28-19(25-10-26-28)20(29)24-9-11-2-3-12-7-17(27-16(12)6-11)15-8-13(21)4-5-14(15)18(22)23/h2-8,10,18,27H,9H2,1H3,(H,24,29). The van der Waals surface area contributed by atoms with Crippen molar-refractivity contribution in [2.45, 2.75) is 13.0 Å². The van der Waals surface area contributed by atoms with Gasteiger partial charge in [-0.15, -0.1) is 0 Å². The minimum Gasteiger partial charge on any atom is -0.355 e. The van der Waals surface area contributed by atoms with E-state index in [4.69, 9.17) is 0 Å². The molecule has 9 heteroatoms. The van der Waals surface area contributed by atoms with Gasteiger partial charge in [-0.05, 0) is 35.9 Å². The molecule has 0 atom stereocenters. The molecule has 0 fully saturated rings. The van der Waals surface area contributed by atoms with Crippen molar-refractivity contribution in [2.24, 2.45) is 7.05 Å². The van der Waals surface area contributed by atoms with E-state index < -0.39 is 12.2 Å². The van der Waals surface area contributed by atoms with Gasteiger partial charge in [0.1, 0.15) is 12.1 Å². The highest BCUT2D eigenvalue weighted by Crippen LogP contribution is 2.33. The van der Waals surface area contributed by atoms with Crippen LogP contribution in [0, 0.1) is 5.82 Å². The zero-order chi connectivity index (χ0) is 20.5. The molecule has 2 N–H and O–H groups in total. The third-order valence-electron chi connectivity index (χ3n) is 4.60. The van der Waals surface area contributed by atoms with Crippen LogP contribution in [0.25, 0.3) is 22.2 Å². The molecule has 0 radical (unpaired) electrons. The van der Waals surface area contributed by atoms with Crippen LogP contribution in [0.15, 0.2) is 48.8 Å². The van der Waals surface area contributed by atoms with Crippen LogP contribution in [0.2, 0.25) is 0 Å². The minimum atomic E-state index is -2.72. The molecule has 0 spiro atoms. The van der Waals surface area contributed by atoms with Crippen LogP contribution < -0.4 is 5.32 Å². The first-order chi connectivity index (χ1) is 13.9. The fourth-order valence-electron chi connectivity index (χ4n) is 3.14. The SMILES string of the molecule is Cn1ncnc1C(=O)NCc1ccc2cc(-c3cc(F)ccc3C(F)F)[nH]c2c1. The van der Waals surface area contributed by atoms with E-state index in [1.807, 2.05) is 6.07 Å². The Bertz CT molecular complexity index is 1200. The average molecular weight is 399 g/mol. The highest BCUT2D eigenvalue weighted by molar-refractivity contribution is 5.91. The second-order valence-electron chi connectivity index (χ2n) is 6.53. The van der Waals surface area contributed by atoms with Crippen molar-refractivity contribution in [3.8, 4) is 11.3 Å². The number of aryl methyl sites for hydroxylation is 1. The lowest BCUT2D eigenvalue weighted by Crippen LogP contribution is -2.25. The zero-order valence-electron chi connectivity index (χ0n) is 15.3. The fraction of sp³-hybridized carbons (Fsp3) is 0.150. The molecule has 29 heavy (non-hydrogen) atoms. The Labute approximate surface area is 163 Å². The van der Waals surface area contributed by atoms with E-state index >= 15 is 0 Å². The summed E-state index contributed by atoms with van der Waals surface area (Å²) in [6.07, 6.45) is -1.43. The lowest BCUT2D eigenvalue weighted by molar-refractivity contribution is 0.0936. The molecule has 148 valence electrons. The maximum atomic E-state index is 13.6. The van der Waals surface area contributed by atoms with Gasteiger partial charge in [0, 0.05) is 41.3 Å². The number of nitrogens with zero attached hydrogens (tertiary/aromatic N) is 3. The maximum absolute atomic E-state index is 13.6. The Balaban J connectivity index is 1.59. The van der Waals surface area contributed by atoms with Gasteiger partial charge in [-0.1, -0.05) is 12.1 Å². The van der Waals surface area contributed by atoms with Crippen molar-refractivity contribution in [3.63, 3.8) is 0 Å². The summed E-state index contributed by atoms with van der Waals surface area (Å²) in [5.41, 5.74) is 1.77. The second kappa shape index (κ2) is 7.42. The third kappa shape index (κ3) is 3.71. The summed E-state index contributed by atoms with van der Waals surface area (Å²) in [6.45, 7) is 0.248. The first-order valence-electron chi connectivity index (χ1n) is 8.74. The molecule has 1 amide bonds. The number of halogens is 3. The number of nitrogens with one attached hydrogen (secondary N) is 2. The molecule has 4 rings (SSSR count). The van der Waals surface area contributed by atoms with Crippen LogP contribution >= 0.6 is 0 Å². The number of aromatic amines is 1. The second-order valence-corrected chi connectivity index (χ2v) is 6.53. The average Bonchev–Trinajstić information content (AvgIpc) is 3.31. The Hall–Kier alpha value is -3.62. The van der Waals surface area contributed by atoms with Crippen molar-refractivity contribution in [3.05, 3.63) is 71.6 Å². The number of benzene rings is 2. The summed E-state index contributed by atoms with van der Waals surface area (Å²) in [5, 5.41) is 7.39. The van der Waals surface area contributed by atoms with E-state index in [1.165, 1.54) is 11.0 Å².